The number of carbonyl (C=O) groups is 1. The highest BCUT2D eigenvalue weighted by atomic mass is 16.2. The molecule has 0 aromatic carbocycles. The lowest BCUT2D eigenvalue weighted by molar-refractivity contribution is -0.138. The Labute approximate surface area is 106 Å². The maximum atomic E-state index is 12.4. The van der Waals surface area contributed by atoms with Crippen molar-refractivity contribution in [2.75, 3.05) is 6.54 Å². The SMILES string of the molecule is NC1CCCC(C(=O)N2CCn3cnnc3C2)C1. The maximum Gasteiger partial charge on any atom is 0.226 e. The first-order valence-electron chi connectivity index (χ1n) is 6.65. The predicted molar refractivity (Wildman–Crippen MR) is 65.4 cm³/mol. The smallest absolute Gasteiger partial charge is 0.226 e. The molecule has 1 fully saturated rings. The Hall–Kier alpha value is -1.43. The molecule has 1 amide bonds. The highest BCUT2D eigenvalue weighted by molar-refractivity contribution is 5.79. The largest absolute Gasteiger partial charge is 0.333 e. The summed E-state index contributed by atoms with van der Waals surface area (Å²) >= 11 is 0. The summed E-state index contributed by atoms with van der Waals surface area (Å²) in [6.07, 6.45) is 5.67. The summed E-state index contributed by atoms with van der Waals surface area (Å²) in [5, 5.41) is 7.92. The molecule has 1 aromatic rings. The van der Waals surface area contributed by atoms with Gasteiger partial charge in [-0.15, -0.1) is 10.2 Å². The molecule has 2 aliphatic rings. The van der Waals surface area contributed by atoms with Gasteiger partial charge in [-0.1, -0.05) is 6.42 Å². The molecule has 2 unspecified atom stereocenters. The summed E-state index contributed by atoms with van der Waals surface area (Å²) in [6, 6.07) is 0.196. The van der Waals surface area contributed by atoms with Crippen molar-refractivity contribution in [1.29, 1.82) is 0 Å². The van der Waals surface area contributed by atoms with Gasteiger partial charge < -0.3 is 15.2 Å². The molecule has 0 spiro atoms. The molecule has 2 heterocycles. The van der Waals surface area contributed by atoms with E-state index >= 15 is 0 Å². The van der Waals surface area contributed by atoms with E-state index in [-0.39, 0.29) is 17.9 Å². The highest BCUT2D eigenvalue weighted by Gasteiger charge is 2.31. The number of hydrogen-bond acceptors (Lipinski definition) is 4. The molecule has 0 radical (unpaired) electrons. The fourth-order valence-corrected chi connectivity index (χ4v) is 2.96. The number of fused-ring (bicyclic) bond motifs is 1. The molecule has 1 saturated carbocycles. The summed E-state index contributed by atoms with van der Waals surface area (Å²) < 4.78 is 2.01. The third-order valence-corrected chi connectivity index (χ3v) is 4.01. The molecular formula is C12H19N5O. The third kappa shape index (κ3) is 2.12. The van der Waals surface area contributed by atoms with E-state index in [1.165, 1.54) is 0 Å². The van der Waals surface area contributed by atoms with Gasteiger partial charge in [-0.05, 0) is 19.3 Å². The van der Waals surface area contributed by atoms with Crippen LogP contribution in [0.5, 0.6) is 0 Å². The summed E-state index contributed by atoms with van der Waals surface area (Å²) in [5.74, 6) is 1.25. The van der Waals surface area contributed by atoms with Crippen LogP contribution in [0, 0.1) is 5.92 Å². The Morgan fingerprint density at radius 1 is 1.39 bits per heavy atom. The van der Waals surface area contributed by atoms with E-state index in [0.717, 1.165) is 44.6 Å². The van der Waals surface area contributed by atoms with Gasteiger partial charge in [0.1, 0.15) is 6.33 Å². The van der Waals surface area contributed by atoms with Gasteiger partial charge in [0.05, 0.1) is 6.54 Å². The van der Waals surface area contributed by atoms with Crippen LogP contribution in [0.2, 0.25) is 0 Å². The number of aromatic nitrogens is 3. The Kier molecular flexibility index (Phi) is 3.03. The van der Waals surface area contributed by atoms with Crippen molar-refractivity contribution >= 4 is 5.91 Å². The standard InChI is InChI=1S/C12H19N5O/c13-10-3-1-2-9(6-10)12(18)16-4-5-17-8-14-15-11(17)7-16/h8-10H,1-7,13H2. The van der Waals surface area contributed by atoms with Crippen molar-refractivity contribution in [2.45, 2.75) is 44.8 Å². The second kappa shape index (κ2) is 4.68. The second-order valence-corrected chi connectivity index (χ2v) is 5.32. The van der Waals surface area contributed by atoms with Crippen LogP contribution in [-0.4, -0.2) is 38.2 Å². The molecule has 6 heteroatoms. The molecule has 2 N–H and O–H groups in total. The fraction of sp³-hybridized carbons (Fsp3) is 0.750. The summed E-state index contributed by atoms with van der Waals surface area (Å²) in [5.41, 5.74) is 5.96. The quantitative estimate of drug-likeness (QED) is 0.768. The maximum absolute atomic E-state index is 12.4. The van der Waals surface area contributed by atoms with Crippen molar-refractivity contribution in [3.8, 4) is 0 Å². The van der Waals surface area contributed by atoms with E-state index in [0.29, 0.717) is 6.54 Å². The number of carbonyl (C=O) groups excluding carboxylic acids is 1. The zero-order chi connectivity index (χ0) is 12.5. The molecule has 1 aliphatic heterocycles. The Bertz CT molecular complexity index is 443. The first-order chi connectivity index (χ1) is 8.74. The van der Waals surface area contributed by atoms with Gasteiger partial charge in [-0.25, -0.2) is 0 Å². The molecule has 0 bridgehead atoms. The number of amides is 1. The van der Waals surface area contributed by atoms with Crippen LogP contribution in [0.25, 0.3) is 0 Å². The minimum atomic E-state index is 0.114. The first-order valence-corrected chi connectivity index (χ1v) is 6.65. The van der Waals surface area contributed by atoms with Crippen LogP contribution in [0.15, 0.2) is 6.33 Å². The summed E-state index contributed by atoms with van der Waals surface area (Å²) in [6.45, 7) is 2.15. The van der Waals surface area contributed by atoms with Gasteiger partial charge >= 0.3 is 0 Å². The van der Waals surface area contributed by atoms with Crippen LogP contribution < -0.4 is 5.73 Å². The van der Waals surface area contributed by atoms with E-state index in [9.17, 15) is 4.79 Å². The molecular weight excluding hydrogens is 230 g/mol. The zero-order valence-electron chi connectivity index (χ0n) is 10.5. The molecule has 6 nitrogen and oxygen atoms in total. The minimum absolute atomic E-state index is 0.114. The second-order valence-electron chi connectivity index (χ2n) is 5.32. The fourth-order valence-electron chi connectivity index (χ4n) is 2.96. The highest BCUT2D eigenvalue weighted by Crippen LogP contribution is 2.26. The van der Waals surface area contributed by atoms with Crippen LogP contribution in [0.4, 0.5) is 0 Å². The number of rotatable bonds is 1. The molecule has 98 valence electrons. The summed E-state index contributed by atoms with van der Waals surface area (Å²) in [7, 11) is 0. The van der Waals surface area contributed by atoms with Crippen molar-refractivity contribution < 1.29 is 4.79 Å². The van der Waals surface area contributed by atoms with E-state index in [1.54, 1.807) is 6.33 Å². The third-order valence-electron chi connectivity index (χ3n) is 4.01. The number of nitrogens with zero attached hydrogens (tertiary/aromatic N) is 4. The lowest BCUT2D eigenvalue weighted by Gasteiger charge is -2.33. The van der Waals surface area contributed by atoms with E-state index < -0.39 is 0 Å². The van der Waals surface area contributed by atoms with E-state index in [2.05, 4.69) is 10.2 Å². The van der Waals surface area contributed by atoms with E-state index in [4.69, 9.17) is 5.73 Å². The van der Waals surface area contributed by atoms with Crippen LogP contribution >= 0.6 is 0 Å². The molecule has 0 saturated heterocycles. The van der Waals surface area contributed by atoms with Crippen LogP contribution in [-0.2, 0) is 17.9 Å². The lowest BCUT2D eigenvalue weighted by Crippen LogP contribution is -2.44. The average molecular weight is 249 g/mol. The van der Waals surface area contributed by atoms with Gasteiger partial charge in [0, 0.05) is 25.0 Å². The first kappa shape index (κ1) is 11.6. The average Bonchev–Trinajstić information content (AvgIpc) is 2.85. The van der Waals surface area contributed by atoms with Gasteiger partial charge in [0.15, 0.2) is 5.82 Å². The van der Waals surface area contributed by atoms with Crippen LogP contribution in [0.3, 0.4) is 0 Å². The number of nitrogens with two attached hydrogens (primary N) is 1. The van der Waals surface area contributed by atoms with Crippen molar-refractivity contribution in [1.82, 2.24) is 19.7 Å². The lowest BCUT2D eigenvalue weighted by atomic mass is 9.85. The molecule has 18 heavy (non-hydrogen) atoms. The van der Waals surface area contributed by atoms with Crippen LogP contribution in [0.1, 0.15) is 31.5 Å². The summed E-state index contributed by atoms with van der Waals surface area (Å²) in [4.78, 5) is 14.4. The topological polar surface area (TPSA) is 77.0 Å². The Morgan fingerprint density at radius 3 is 3.11 bits per heavy atom. The Morgan fingerprint density at radius 2 is 2.28 bits per heavy atom. The van der Waals surface area contributed by atoms with E-state index in [1.807, 2.05) is 9.47 Å². The molecule has 3 rings (SSSR count). The van der Waals surface area contributed by atoms with Crippen molar-refractivity contribution in [3.05, 3.63) is 12.2 Å². The molecule has 1 aromatic heterocycles. The van der Waals surface area contributed by atoms with Gasteiger partial charge in [0.2, 0.25) is 5.91 Å². The molecule has 2 atom stereocenters. The Balaban J connectivity index is 1.67. The van der Waals surface area contributed by atoms with Crippen molar-refractivity contribution in [3.63, 3.8) is 0 Å². The monoisotopic (exact) mass is 249 g/mol. The zero-order valence-corrected chi connectivity index (χ0v) is 10.5. The number of hydrogen-bond donors (Lipinski definition) is 1. The normalized spacial score (nSPS) is 27.9. The minimum Gasteiger partial charge on any atom is -0.333 e. The van der Waals surface area contributed by atoms with Gasteiger partial charge in [0.25, 0.3) is 0 Å². The van der Waals surface area contributed by atoms with Gasteiger partial charge in [-0.2, -0.15) is 0 Å². The molecule has 1 aliphatic carbocycles. The predicted octanol–water partition coefficient (Wildman–Crippen LogP) is 0.138. The van der Waals surface area contributed by atoms with Gasteiger partial charge in [-0.3, -0.25) is 4.79 Å². The van der Waals surface area contributed by atoms with Crippen molar-refractivity contribution in [2.24, 2.45) is 11.7 Å².